The number of carbonyl (C=O) groups is 1. The van der Waals surface area contributed by atoms with Crippen molar-refractivity contribution in [3.8, 4) is 0 Å². The van der Waals surface area contributed by atoms with Gasteiger partial charge in [0.1, 0.15) is 13.2 Å². The van der Waals surface area contributed by atoms with Crippen LogP contribution in [0.15, 0.2) is 72.9 Å². The van der Waals surface area contributed by atoms with Gasteiger partial charge < -0.3 is 19.8 Å². The van der Waals surface area contributed by atoms with E-state index in [0.717, 1.165) is 70.6 Å². The average molecular weight is 1000 g/mol. The van der Waals surface area contributed by atoms with Gasteiger partial charge >= 0.3 is 7.82 Å². The number of allylic oxidation sites excluding steroid dienone is 11. The quantitative estimate of drug-likeness (QED) is 0.0243. The van der Waals surface area contributed by atoms with Gasteiger partial charge in [0.2, 0.25) is 5.91 Å². The number of likely N-dealkylation sites (N-methyl/N-ethyl adjacent to an activating group) is 1. The van der Waals surface area contributed by atoms with E-state index in [-0.39, 0.29) is 19.1 Å². The summed E-state index contributed by atoms with van der Waals surface area (Å²) in [6.07, 6.45) is 72.3. The molecule has 0 aromatic rings. The Labute approximate surface area is 434 Å². The number of nitrogens with one attached hydrogen (secondary N) is 1. The van der Waals surface area contributed by atoms with Crippen molar-refractivity contribution in [1.82, 2.24) is 5.32 Å². The number of phosphoric ester groups is 1. The van der Waals surface area contributed by atoms with Crippen LogP contribution in [-0.4, -0.2) is 73.4 Å². The average Bonchev–Trinajstić information content (AvgIpc) is 3.32. The number of phosphoric acid groups is 1. The first kappa shape index (κ1) is 67.9. The summed E-state index contributed by atoms with van der Waals surface area (Å²) in [6, 6.07) is -0.860. The summed E-state index contributed by atoms with van der Waals surface area (Å²) in [5, 5.41) is 13.7. The molecular formula is C61H114N2O6P+. The zero-order chi connectivity index (χ0) is 51.3. The first-order chi connectivity index (χ1) is 34.0. The van der Waals surface area contributed by atoms with Crippen LogP contribution >= 0.6 is 7.82 Å². The lowest BCUT2D eigenvalue weighted by atomic mass is 10.0. The minimum Gasteiger partial charge on any atom is -0.387 e. The number of carbonyl (C=O) groups excluding carboxylic acids is 1. The highest BCUT2D eigenvalue weighted by Gasteiger charge is 2.27. The summed E-state index contributed by atoms with van der Waals surface area (Å²) < 4.78 is 23.5. The van der Waals surface area contributed by atoms with Gasteiger partial charge in [-0.2, -0.15) is 0 Å². The van der Waals surface area contributed by atoms with Crippen molar-refractivity contribution in [1.29, 1.82) is 0 Å². The molecule has 0 bridgehead atoms. The number of nitrogens with zero attached hydrogens (tertiary/aromatic N) is 1. The van der Waals surface area contributed by atoms with Crippen LogP contribution in [0.4, 0.5) is 0 Å². The summed E-state index contributed by atoms with van der Waals surface area (Å²) in [5.41, 5.74) is 0. The van der Waals surface area contributed by atoms with Crippen molar-refractivity contribution in [2.75, 3.05) is 40.9 Å². The Hall–Kier alpha value is -2.06. The Morgan fingerprint density at radius 2 is 0.871 bits per heavy atom. The van der Waals surface area contributed by atoms with Crippen molar-refractivity contribution in [2.45, 2.75) is 270 Å². The van der Waals surface area contributed by atoms with E-state index in [1.54, 1.807) is 6.08 Å². The summed E-state index contributed by atoms with van der Waals surface area (Å²) in [4.78, 5) is 23.1. The summed E-state index contributed by atoms with van der Waals surface area (Å²) in [7, 11) is 1.55. The van der Waals surface area contributed by atoms with E-state index in [0.29, 0.717) is 17.4 Å². The Morgan fingerprint density at radius 1 is 0.500 bits per heavy atom. The van der Waals surface area contributed by atoms with Crippen LogP contribution in [-0.2, 0) is 18.4 Å². The van der Waals surface area contributed by atoms with Crippen molar-refractivity contribution < 1.29 is 32.9 Å². The Morgan fingerprint density at radius 3 is 1.30 bits per heavy atom. The van der Waals surface area contributed by atoms with Crippen LogP contribution in [0.3, 0.4) is 0 Å². The van der Waals surface area contributed by atoms with E-state index in [2.05, 4.69) is 79.9 Å². The maximum atomic E-state index is 12.9. The third-order valence-electron chi connectivity index (χ3n) is 12.9. The first-order valence-corrected chi connectivity index (χ1v) is 30.8. The lowest BCUT2D eigenvalue weighted by Gasteiger charge is -2.25. The summed E-state index contributed by atoms with van der Waals surface area (Å²) >= 11 is 0. The fourth-order valence-corrected chi connectivity index (χ4v) is 9.09. The van der Waals surface area contributed by atoms with Gasteiger partial charge in [-0.05, 0) is 64.2 Å². The lowest BCUT2D eigenvalue weighted by Crippen LogP contribution is -2.45. The van der Waals surface area contributed by atoms with Gasteiger partial charge in [-0.3, -0.25) is 13.8 Å². The molecule has 3 N–H and O–H groups in total. The van der Waals surface area contributed by atoms with E-state index in [1.807, 2.05) is 27.2 Å². The Bertz CT molecular complexity index is 1370. The van der Waals surface area contributed by atoms with E-state index < -0.39 is 20.0 Å². The van der Waals surface area contributed by atoms with Gasteiger partial charge in [0.15, 0.2) is 0 Å². The van der Waals surface area contributed by atoms with Crippen LogP contribution in [0.5, 0.6) is 0 Å². The minimum atomic E-state index is -4.34. The molecular weight excluding hydrogens is 888 g/mol. The highest BCUT2D eigenvalue weighted by atomic mass is 31.2. The third-order valence-corrected chi connectivity index (χ3v) is 13.9. The second kappa shape index (κ2) is 51.8. The van der Waals surface area contributed by atoms with Crippen molar-refractivity contribution in [3.63, 3.8) is 0 Å². The second-order valence-corrected chi connectivity index (χ2v) is 22.4. The van der Waals surface area contributed by atoms with Gasteiger partial charge in [-0.1, -0.05) is 260 Å². The fourth-order valence-electron chi connectivity index (χ4n) is 8.35. The normalized spacial score (nSPS) is 14.4. The minimum absolute atomic E-state index is 0.0556. The second-order valence-electron chi connectivity index (χ2n) is 21.0. The molecule has 0 aliphatic rings. The molecule has 0 saturated carbocycles. The Balaban J connectivity index is 3.72. The third kappa shape index (κ3) is 53.7. The molecule has 0 aromatic heterocycles. The van der Waals surface area contributed by atoms with Gasteiger partial charge in [0.05, 0.1) is 39.9 Å². The fraction of sp³-hybridized carbons (Fsp3) is 0.787. The first-order valence-electron chi connectivity index (χ1n) is 29.3. The molecule has 1 amide bonds. The van der Waals surface area contributed by atoms with Crippen molar-refractivity contribution in [2.24, 2.45) is 0 Å². The van der Waals surface area contributed by atoms with E-state index in [1.165, 1.54) is 167 Å². The maximum Gasteiger partial charge on any atom is 0.472 e. The number of aliphatic hydroxyl groups is 1. The zero-order valence-electron chi connectivity index (χ0n) is 46.5. The standard InChI is InChI=1S/C61H113N2O6P/c1-6-8-10-12-14-15-16-17-18-19-20-21-22-23-24-25-26-27-28-29-30-31-32-33-34-35-36-37-38-39-40-41-42-43-44-45-46-47-49-51-53-55-61(65)62-59(60(64)54-52-50-48-13-11-9-7-2)58-69-70(66,67)68-57-56-63(3,4)5/h8,10-11,13-15,17-18,20-21,52,54,59-60,64H,6-7,9,12,16,19,22-51,53,55-58H2,1-5H3,(H-,62,65,66,67)/p+1/b10-8-,13-11+,15-14-,18-17-,21-20-,54-52+. The predicted molar refractivity (Wildman–Crippen MR) is 304 cm³/mol. The van der Waals surface area contributed by atoms with Gasteiger partial charge in [-0.15, -0.1) is 0 Å². The van der Waals surface area contributed by atoms with Crippen LogP contribution in [0.1, 0.15) is 258 Å². The number of quaternary nitrogens is 1. The predicted octanol–water partition coefficient (Wildman–Crippen LogP) is 17.9. The molecule has 9 heteroatoms. The smallest absolute Gasteiger partial charge is 0.387 e. The number of hydrogen-bond donors (Lipinski definition) is 3. The molecule has 0 aliphatic carbocycles. The summed E-state index contributed by atoms with van der Waals surface area (Å²) in [5.74, 6) is -0.189. The molecule has 0 fully saturated rings. The van der Waals surface area contributed by atoms with Crippen LogP contribution in [0.2, 0.25) is 0 Å². The van der Waals surface area contributed by atoms with Crippen LogP contribution in [0.25, 0.3) is 0 Å². The molecule has 408 valence electrons. The molecule has 8 nitrogen and oxygen atoms in total. The largest absolute Gasteiger partial charge is 0.472 e. The highest BCUT2D eigenvalue weighted by Crippen LogP contribution is 2.43. The number of hydrogen-bond acceptors (Lipinski definition) is 5. The highest BCUT2D eigenvalue weighted by molar-refractivity contribution is 7.47. The molecule has 3 atom stereocenters. The lowest BCUT2D eigenvalue weighted by molar-refractivity contribution is -0.870. The zero-order valence-corrected chi connectivity index (χ0v) is 47.4. The molecule has 0 radical (unpaired) electrons. The van der Waals surface area contributed by atoms with Gasteiger partial charge in [0, 0.05) is 6.42 Å². The number of rotatable bonds is 53. The maximum absolute atomic E-state index is 12.9. The molecule has 0 rings (SSSR count). The Kier molecular flexibility index (Phi) is 50.3. The topological polar surface area (TPSA) is 105 Å². The SMILES string of the molecule is CC/C=C\C/C=C\C/C=C\C/C=C\CCCCCCCCCCCCCCCCCCCCCCCCCCCCCCC(=O)NC(COP(=O)(O)OCC[N+](C)(C)C)C(O)/C=C/CC/C=C/CCC. The van der Waals surface area contributed by atoms with Crippen LogP contribution < -0.4 is 5.32 Å². The van der Waals surface area contributed by atoms with E-state index in [4.69, 9.17) is 9.05 Å². The molecule has 3 unspecified atom stereocenters. The summed E-state index contributed by atoms with van der Waals surface area (Å²) in [6.45, 7) is 4.58. The number of unbranched alkanes of at least 4 members (excludes halogenated alkanes) is 30. The number of amides is 1. The van der Waals surface area contributed by atoms with Crippen LogP contribution in [0, 0.1) is 0 Å². The number of aliphatic hydroxyl groups excluding tert-OH is 1. The van der Waals surface area contributed by atoms with Gasteiger partial charge in [0.25, 0.3) is 0 Å². The van der Waals surface area contributed by atoms with Crippen molar-refractivity contribution in [3.05, 3.63) is 72.9 Å². The van der Waals surface area contributed by atoms with E-state index in [9.17, 15) is 19.4 Å². The molecule has 0 aromatic carbocycles. The van der Waals surface area contributed by atoms with Gasteiger partial charge in [-0.25, -0.2) is 4.57 Å². The van der Waals surface area contributed by atoms with E-state index >= 15 is 0 Å². The molecule has 0 spiro atoms. The van der Waals surface area contributed by atoms with Crippen molar-refractivity contribution >= 4 is 13.7 Å². The molecule has 0 saturated heterocycles. The molecule has 0 heterocycles. The monoisotopic (exact) mass is 1000 g/mol. The molecule has 0 aliphatic heterocycles. The molecule has 70 heavy (non-hydrogen) atoms.